The van der Waals surface area contributed by atoms with E-state index >= 15 is 0 Å². The van der Waals surface area contributed by atoms with Gasteiger partial charge in [0.2, 0.25) is 0 Å². The molecule has 2 N–H and O–H groups in total. The second-order valence-electron chi connectivity index (χ2n) is 7.52. The summed E-state index contributed by atoms with van der Waals surface area (Å²) in [6.45, 7) is 5.68. The molecule has 0 aliphatic carbocycles. The highest BCUT2D eigenvalue weighted by atomic mass is 35.5. The highest BCUT2D eigenvalue weighted by Gasteiger charge is 2.19. The molecule has 0 radical (unpaired) electrons. The van der Waals surface area contributed by atoms with Crippen molar-refractivity contribution in [3.05, 3.63) is 53.0 Å². The molecule has 2 aliphatic heterocycles. The largest absolute Gasteiger partial charge is 0.357 e. The Balaban J connectivity index is 0.00000150. The van der Waals surface area contributed by atoms with Gasteiger partial charge in [-0.3, -0.25) is 4.79 Å². The van der Waals surface area contributed by atoms with Crippen LogP contribution >= 0.6 is 24.8 Å². The van der Waals surface area contributed by atoms with E-state index in [1.54, 1.807) is 18.3 Å². The zero-order valence-corrected chi connectivity index (χ0v) is 18.0. The minimum atomic E-state index is -0.339. The van der Waals surface area contributed by atoms with Gasteiger partial charge in [0.25, 0.3) is 5.91 Å². The van der Waals surface area contributed by atoms with Crippen molar-refractivity contribution >= 4 is 42.2 Å². The molecule has 1 aromatic carbocycles. The lowest BCUT2D eigenvalue weighted by Crippen LogP contribution is -2.33. The third-order valence-corrected chi connectivity index (χ3v) is 5.57. The molecule has 0 spiro atoms. The summed E-state index contributed by atoms with van der Waals surface area (Å²) in [6.07, 6.45) is 4.53. The van der Waals surface area contributed by atoms with Gasteiger partial charge in [-0.15, -0.1) is 24.8 Å². The Bertz CT molecular complexity index is 839. The molecule has 8 heteroatoms. The van der Waals surface area contributed by atoms with Crippen LogP contribution in [0, 0.1) is 11.7 Å². The highest BCUT2D eigenvalue weighted by Crippen LogP contribution is 2.25. The fraction of sp³-hybridized carbons (Fsp3) is 0.429. The zero-order valence-electron chi connectivity index (χ0n) is 16.4. The number of anilines is 2. The van der Waals surface area contributed by atoms with E-state index < -0.39 is 0 Å². The Hall–Kier alpha value is -1.89. The van der Waals surface area contributed by atoms with Crippen LogP contribution in [0.15, 0.2) is 30.5 Å². The number of nitrogens with one attached hydrogen (secondary N) is 2. The van der Waals surface area contributed by atoms with Crippen LogP contribution in [0.25, 0.3) is 0 Å². The van der Waals surface area contributed by atoms with Crippen molar-refractivity contribution in [2.75, 3.05) is 29.9 Å². The minimum absolute atomic E-state index is 0. The second-order valence-corrected chi connectivity index (χ2v) is 7.52. The quantitative estimate of drug-likeness (QED) is 0.750. The Morgan fingerprint density at radius 2 is 1.97 bits per heavy atom. The van der Waals surface area contributed by atoms with Gasteiger partial charge in [-0.05, 0) is 61.1 Å². The zero-order chi connectivity index (χ0) is 18.8. The average Bonchev–Trinajstić information content (AvgIpc) is 2.71. The molecule has 1 saturated heterocycles. The number of carbonyl (C=O) groups excluding carboxylic acids is 1. The number of hydrogen-bond donors (Lipinski definition) is 2. The van der Waals surface area contributed by atoms with Crippen LogP contribution in [0.3, 0.4) is 0 Å². The standard InChI is InChI=1S/C21H25FN4O.2ClH/c1-14-7-10-26(11-8-14)19-5-3-16(13-24-19)21(27)25-18-4-2-15-12-23-9-6-17(15)20(18)22;;/h2-5,13-14,23H,6-12H2,1H3,(H,25,27);2*1H. The summed E-state index contributed by atoms with van der Waals surface area (Å²) >= 11 is 0. The molecule has 1 aromatic heterocycles. The maximum Gasteiger partial charge on any atom is 0.257 e. The maximum absolute atomic E-state index is 14.7. The molecular weight excluding hydrogens is 414 g/mol. The number of benzene rings is 1. The summed E-state index contributed by atoms with van der Waals surface area (Å²) in [6, 6.07) is 7.14. The van der Waals surface area contributed by atoms with E-state index in [0.29, 0.717) is 24.1 Å². The van der Waals surface area contributed by atoms with Gasteiger partial charge in [0, 0.05) is 25.8 Å². The second kappa shape index (κ2) is 10.2. The topological polar surface area (TPSA) is 57.3 Å². The van der Waals surface area contributed by atoms with Gasteiger partial charge < -0.3 is 15.5 Å². The molecule has 1 fully saturated rings. The van der Waals surface area contributed by atoms with Gasteiger partial charge in [0.15, 0.2) is 0 Å². The molecule has 2 aliphatic rings. The Morgan fingerprint density at radius 1 is 1.21 bits per heavy atom. The summed E-state index contributed by atoms with van der Waals surface area (Å²) in [5, 5.41) is 5.92. The highest BCUT2D eigenvalue weighted by molar-refractivity contribution is 6.04. The number of nitrogens with zero attached hydrogens (tertiary/aromatic N) is 2. The number of amides is 1. The molecule has 0 unspecified atom stereocenters. The number of fused-ring (bicyclic) bond motifs is 1. The number of hydrogen-bond acceptors (Lipinski definition) is 4. The SMILES string of the molecule is CC1CCN(c2ccc(C(=O)Nc3ccc4c(c3F)CCNC4)cn2)CC1.Cl.Cl. The summed E-state index contributed by atoms with van der Waals surface area (Å²) < 4.78 is 14.7. The van der Waals surface area contributed by atoms with Crippen molar-refractivity contribution < 1.29 is 9.18 Å². The summed E-state index contributed by atoms with van der Waals surface area (Å²) in [5.41, 5.74) is 2.32. The lowest BCUT2D eigenvalue weighted by atomic mass is 9.99. The maximum atomic E-state index is 14.7. The third kappa shape index (κ3) is 5.18. The van der Waals surface area contributed by atoms with E-state index in [0.717, 1.165) is 49.8 Å². The smallest absolute Gasteiger partial charge is 0.257 e. The predicted molar refractivity (Wildman–Crippen MR) is 119 cm³/mol. The monoisotopic (exact) mass is 440 g/mol. The minimum Gasteiger partial charge on any atom is -0.357 e. The molecule has 29 heavy (non-hydrogen) atoms. The summed E-state index contributed by atoms with van der Waals surface area (Å²) in [7, 11) is 0. The van der Waals surface area contributed by atoms with Gasteiger partial charge in [-0.1, -0.05) is 13.0 Å². The summed E-state index contributed by atoms with van der Waals surface area (Å²) in [5.74, 6) is 0.989. The van der Waals surface area contributed by atoms with Crippen molar-refractivity contribution in [2.24, 2.45) is 5.92 Å². The third-order valence-electron chi connectivity index (χ3n) is 5.57. The molecule has 0 bridgehead atoms. The molecule has 0 saturated carbocycles. The van der Waals surface area contributed by atoms with Gasteiger partial charge in [0.1, 0.15) is 11.6 Å². The Labute approximate surface area is 183 Å². The number of rotatable bonds is 3. The summed E-state index contributed by atoms with van der Waals surface area (Å²) in [4.78, 5) is 19.2. The van der Waals surface area contributed by atoms with E-state index in [-0.39, 0.29) is 42.2 Å². The normalized spacial score (nSPS) is 16.3. The van der Waals surface area contributed by atoms with Crippen molar-refractivity contribution in [1.29, 1.82) is 0 Å². The molecule has 4 rings (SSSR count). The van der Waals surface area contributed by atoms with Crippen molar-refractivity contribution in [3.8, 4) is 0 Å². The molecule has 1 amide bonds. The van der Waals surface area contributed by atoms with E-state index in [4.69, 9.17) is 0 Å². The van der Waals surface area contributed by atoms with Crippen molar-refractivity contribution in [3.63, 3.8) is 0 Å². The van der Waals surface area contributed by atoms with Crippen LogP contribution in [0.1, 0.15) is 41.3 Å². The van der Waals surface area contributed by atoms with Crippen LogP contribution in [0.4, 0.5) is 15.9 Å². The number of pyridine rings is 1. The molecular formula is C21H27Cl2FN4O. The molecule has 2 aromatic rings. The van der Waals surface area contributed by atoms with E-state index in [9.17, 15) is 9.18 Å². The van der Waals surface area contributed by atoms with E-state index in [2.05, 4.69) is 27.4 Å². The van der Waals surface area contributed by atoms with Gasteiger partial charge in [-0.2, -0.15) is 0 Å². The fourth-order valence-electron chi connectivity index (χ4n) is 3.77. The van der Waals surface area contributed by atoms with Crippen molar-refractivity contribution in [2.45, 2.75) is 32.7 Å². The van der Waals surface area contributed by atoms with Crippen LogP contribution < -0.4 is 15.5 Å². The first kappa shape index (κ1) is 23.4. The Morgan fingerprint density at radius 3 is 2.66 bits per heavy atom. The molecule has 5 nitrogen and oxygen atoms in total. The molecule has 158 valence electrons. The first-order valence-electron chi connectivity index (χ1n) is 9.65. The lowest BCUT2D eigenvalue weighted by molar-refractivity contribution is 0.102. The lowest BCUT2D eigenvalue weighted by Gasteiger charge is -2.31. The average molecular weight is 441 g/mol. The first-order valence-corrected chi connectivity index (χ1v) is 9.65. The molecule has 0 atom stereocenters. The number of carbonyl (C=O) groups is 1. The van der Waals surface area contributed by atoms with Crippen LogP contribution in [-0.2, 0) is 13.0 Å². The van der Waals surface area contributed by atoms with Crippen LogP contribution in [-0.4, -0.2) is 30.5 Å². The number of aromatic nitrogens is 1. The number of halogens is 3. The number of piperidine rings is 1. The van der Waals surface area contributed by atoms with E-state index in [1.165, 1.54) is 0 Å². The predicted octanol–water partition coefficient (Wildman–Crippen LogP) is 4.20. The fourth-order valence-corrected chi connectivity index (χ4v) is 3.77. The van der Waals surface area contributed by atoms with Crippen LogP contribution in [0.5, 0.6) is 0 Å². The van der Waals surface area contributed by atoms with Gasteiger partial charge >= 0.3 is 0 Å². The first-order chi connectivity index (χ1) is 13.1. The van der Waals surface area contributed by atoms with Gasteiger partial charge in [-0.25, -0.2) is 9.37 Å². The Kier molecular flexibility index (Phi) is 8.25. The van der Waals surface area contributed by atoms with Gasteiger partial charge in [0.05, 0.1) is 11.3 Å². The molecule has 3 heterocycles. The van der Waals surface area contributed by atoms with E-state index in [1.807, 2.05) is 12.1 Å². The van der Waals surface area contributed by atoms with Crippen molar-refractivity contribution in [1.82, 2.24) is 10.3 Å². The van der Waals surface area contributed by atoms with Crippen LogP contribution in [0.2, 0.25) is 0 Å².